The van der Waals surface area contributed by atoms with E-state index < -0.39 is 0 Å². The first-order valence-electron chi connectivity index (χ1n) is 13.4. The summed E-state index contributed by atoms with van der Waals surface area (Å²) < 4.78 is 0. The molecule has 41 heavy (non-hydrogen) atoms. The molecule has 0 aromatic heterocycles. The molecule has 2 amide bonds. The molecule has 0 spiro atoms. The van der Waals surface area contributed by atoms with Gasteiger partial charge in [-0.25, -0.2) is 4.90 Å². The molecule has 8 rings (SSSR count). The molecular weight excluding hydrogens is 524 g/mol. The zero-order valence-corrected chi connectivity index (χ0v) is 22.6. The van der Waals surface area contributed by atoms with E-state index in [9.17, 15) is 9.59 Å². The highest BCUT2D eigenvalue weighted by Crippen LogP contribution is 2.51. The maximum absolute atomic E-state index is 13.7. The SMILES string of the molecule is O=C1c2ccc(N3c4ccccc4Sc4ccccc43)cc2C(=O)N1c1ccc(-c2cccc3ccccc23)cc1. The second kappa shape index (κ2) is 9.22. The Hall–Kier alpha value is -5.13. The fourth-order valence-corrected chi connectivity index (χ4v) is 6.91. The van der Waals surface area contributed by atoms with Crippen LogP contribution in [0, 0.1) is 0 Å². The summed E-state index contributed by atoms with van der Waals surface area (Å²) >= 11 is 1.73. The molecular formula is C36H22N2O2S. The molecule has 0 saturated heterocycles. The van der Waals surface area contributed by atoms with Crippen molar-refractivity contribution in [2.45, 2.75) is 9.79 Å². The van der Waals surface area contributed by atoms with Gasteiger partial charge in [0.05, 0.1) is 28.2 Å². The minimum absolute atomic E-state index is 0.301. The molecule has 6 aromatic rings. The average Bonchev–Trinajstić information content (AvgIpc) is 3.28. The van der Waals surface area contributed by atoms with Gasteiger partial charge in [-0.3, -0.25) is 9.59 Å². The van der Waals surface area contributed by atoms with Crippen LogP contribution in [0.1, 0.15) is 20.7 Å². The van der Waals surface area contributed by atoms with Crippen molar-refractivity contribution in [3.63, 3.8) is 0 Å². The summed E-state index contributed by atoms with van der Waals surface area (Å²) in [5.41, 5.74) is 6.49. The third-order valence-corrected chi connectivity index (χ3v) is 8.92. The molecule has 4 nitrogen and oxygen atoms in total. The summed E-state index contributed by atoms with van der Waals surface area (Å²) in [7, 11) is 0. The number of amides is 2. The van der Waals surface area contributed by atoms with Crippen LogP contribution < -0.4 is 9.80 Å². The maximum atomic E-state index is 13.7. The highest BCUT2D eigenvalue weighted by atomic mass is 32.2. The van der Waals surface area contributed by atoms with E-state index in [-0.39, 0.29) is 11.8 Å². The van der Waals surface area contributed by atoms with Crippen molar-refractivity contribution >= 4 is 57.1 Å². The minimum atomic E-state index is -0.308. The molecule has 2 aliphatic rings. The fourth-order valence-electron chi connectivity index (χ4n) is 5.85. The molecule has 6 aromatic carbocycles. The molecule has 0 radical (unpaired) electrons. The highest BCUT2D eigenvalue weighted by molar-refractivity contribution is 7.99. The molecule has 0 atom stereocenters. The Labute approximate surface area is 241 Å². The Morgan fingerprint density at radius 3 is 1.83 bits per heavy atom. The van der Waals surface area contributed by atoms with Crippen molar-refractivity contribution in [1.29, 1.82) is 0 Å². The van der Waals surface area contributed by atoms with Crippen LogP contribution in [0.5, 0.6) is 0 Å². The number of fused-ring (bicyclic) bond motifs is 4. The zero-order valence-electron chi connectivity index (χ0n) is 21.8. The molecule has 5 heteroatoms. The topological polar surface area (TPSA) is 40.6 Å². The summed E-state index contributed by atoms with van der Waals surface area (Å²) in [6.07, 6.45) is 0. The lowest BCUT2D eigenvalue weighted by atomic mass is 9.98. The van der Waals surface area contributed by atoms with Crippen LogP contribution in [0.3, 0.4) is 0 Å². The van der Waals surface area contributed by atoms with Crippen molar-refractivity contribution < 1.29 is 9.59 Å². The van der Waals surface area contributed by atoms with Gasteiger partial charge < -0.3 is 4.90 Å². The molecule has 0 aliphatic carbocycles. The molecule has 0 N–H and O–H groups in total. The van der Waals surface area contributed by atoms with Gasteiger partial charge in [-0.1, -0.05) is 90.6 Å². The monoisotopic (exact) mass is 546 g/mol. The van der Waals surface area contributed by atoms with Gasteiger partial charge in [0.2, 0.25) is 0 Å². The van der Waals surface area contributed by atoms with E-state index in [2.05, 4.69) is 53.4 Å². The van der Waals surface area contributed by atoms with Crippen molar-refractivity contribution in [2.75, 3.05) is 9.80 Å². The number of hydrogen-bond acceptors (Lipinski definition) is 4. The standard InChI is InChI=1S/C36H22N2O2S/c39-35-29-21-20-26(37-31-12-3-5-14-33(31)41-34-15-6-4-13-32(34)37)22-30(29)36(40)38(35)25-18-16-24(17-19-25)28-11-7-9-23-8-1-2-10-27(23)28/h1-22H. The van der Waals surface area contributed by atoms with Crippen LogP contribution in [0.15, 0.2) is 143 Å². The Balaban J connectivity index is 1.16. The molecule has 2 heterocycles. The van der Waals surface area contributed by atoms with Crippen LogP contribution in [-0.2, 0) is 0 Å². The zero-order chi connectivity index (χ0) is 27.5. The number of hydrogen-bond donors (Lipinski definition) is 0. The molecule has 0 fully saturated rings. The van der Waals surface area contributed by atoms with Gasteiger partial charge in [0.15, 0.2) is 0 Å². The number of para-hydroxylation sites is 2. The van der Waals surface area contributed by atoms with E-state index in [1.54, 1.807) is 17.8 Å². The molecule has 0 unspecified atom stereocenters. The molecule has 2 aliphatic heterocycles. The van der Waals surface area contributed by atoms with Crippen molar-refractivity contribution in [3.8, 4) is 11.1 Å². The summed E-state index contributed by atoms with van der Waals surface area (Å²) in [5.74, 6) is -0.609. The van der Waals surface area contributed by atoms with Crippen molar-refractivity contribution in [1.82, 2.24) is 0 Å². The predicted molar refractivity (Wildman–Crippen MR) is 166 cm³/mol. The quantitative estimate of drug-likeness (QED) is 0.207. The van der Waals surface area contributed by atoms with Crippen LogP contribution in [0.25, 0.3) is 21.9 Å². The Kier molecular flexibility index (Phi) is 5.34. The van der Waals surface area contributed by atoms with Crippen molar-refractivity contribution in [3.05, 3.63) is 145 Å². The number of imide groups is 1. The second-order valence-electron chi connectivity index (χ2n) is 10.1. The lowest BCUT2D eigenvalue weighted by Gasteiger charge is -2.32. The Morgan fingerprint density at radius 1 is 0.463 bits per heavy atom. The normalized spacial score (nSPS) is 13.8. The van der Waals surface area contributed by atoms with Gasteiger partial charge in [0, 0.05) is 15.5 Å². The van der Waals surface area contributed by atoms with E-state index in [0.717, 1.165) is 43.4 Å². The van der Waals surface area contributed by atoms with Gasteiger partial charge in [-0.15, -0.1) is 0 Å². The van der Waals surface area contributed by atoms with Gasteiger partial charge in [0.1, 0.15) is 0 Å². The first-order chi connectivity index (χ1) is 20.2. The van der Waals surface area contributed by atoms with Gasteiger partial charge >= 0.3 is 0 Å². The predicted octanol–water partition coefficient (Wildman–Crippen LogP) is 9.24. The number of carbonyl (C=O) groups is 2. The molecule has 194 valence electrons. The van der Waals surface area contributed by atoms with E-state index >= 15 is 0 Å². The minimum Gasteiger partial charge on any atom is -0.308 e. The van der Waals surface area contributed by atoms with Crippen LogP contribution >= 0.6 is 11.8 Å². The third-order valence-electron chi connectivity index (χ3n) is 7.79. The number of benzene rings is 6. The number of nitrogens with zero attached hydrogens (tertiary/aromatic N) is 2. The first kappa shape index (κ1) is 23.7. The number of carbonyl (C=O) groups excluding carboxylic acids is 2. The van der Waals surface area contributed by atoms with E-state index in [0.29, 0.717) is 16.8 Å². The van der Waals surface area contributed by atoms with E-state index in [1.165, 1.54) is 10.3 Å². The molecule has 0 bridgehead atoms. The summed E-state index contributed by atoms with van der Waals surface area (Å²) in [5, 5.41) is 2.33. The summed E-state index contributed by atoms with van der Waals surface area (Å²) in [6.45, 7) is 0. The molecule has 0 saturated carbocycles. The van der Waals surface area contributed by atoms with E-state index in [4.69, 9.17) is 0 Å². The first-order valence-corrected chi connectivity index (χ1v) is 14.3. The fraction of sp³-hybridized carbons (Fsp3) is 0. The third kappa shape index (κ3) is 3.70. The van der Waals surface area contributed by atoms with Crippen LogP contribution in [-0.4, -0.2) is 11.8 Å². The number of anilines is 4. The Bertz CT molecular complexity index is 1980. The average molecular weight is 547 g/mol. The number of rotatable bonds is 3. The van der Waals surface area contributed by atoms with Crippen LogP contribution in [0.2, 0.25) is 0 Å². The van der Waals surface area contributed by atoms with Gasteiger partial charge in [0.25, 0.3) is 11.8 Å². The summed E-state index contributed by atoms with van der Waals surface area (Å²) in [6, 6.07) is 44.2. The lowest BCUT2D eigenvalue weighted by molar-refractivity contribution is 0.0926. The van der Waals surface area contributed by atoms with Gasteiger partial charge in [-0.05, 0) is 76.5 Å². The second-order valence-corrected chi connectivity index (χ2v) is 11.2. The van der Waals surface area contributed by atoms with Crippen molar-refractivity contribution in [2.24, 2.45) is 0 Å². The Morgan fingerprint density at radius 2 is 1.07 bits per heavy atom. The largest absolute Gasteiger partial charge is 0.308 e. The maximum Gasteiger partial charge on any atom is 0.266 e. The lowest BCUT2D eigenvalue weighted by Crippen LogP contribution is -2.29. The van der Waals surface area contributed by atoms with E-state index in [1.807, 2.05) is 78.9 Å². The summed E-state index contributed by atoms with van der Waals surface area (Å²) in [4.78, 5) is 33.0. The van der Waals surface area contributed by atoms with Crippen LogP contribution in [0.4, 0.5) is 22.7 Å². The van der Waals surface area contributed by atoms with Gasteiger partial charge in [-0.2, -0.15) is 0 Å². The highest BCUT2D eigenvalue weighted by Gasteiger charge is 2.37. The smallest absolute Gasteiger partial charge is 0.266 e.